The van der Waals surface area contributed by atoms with Crippen molar-refractivity contribution in [2.24, 2.45) is 0 Å². The van der Waals surface area contributed by atoms with Crippen molar-refractivity contribution in [2.45, 2.75) is 38.3 Å². The van der Waals surface area contributed by atoms with E-state index in [0.29, 0.717) is 15.9 Å². The van der Waals surface area contributed by atoms with Gasteiger partial charge in [-0.3, -0.25) is 20.1 Å². The van der Waals surface area contributed by atoms with E-state index in [1.165, 1.54) is 5.56 Å². The molecule has 0 radical (unpaired) electrons. The number of aromatic nitrogens is 2. The molecule has 0 spiro atoms. The summed E-state index contributed by atoms with van der Waals surface area (Å²) in [6.07, 6.45) is 5.69. The van der Waals surface area contributed by atoms with E-state index < -0.39 is 0 Å². The van der Waals surface area contributed by atoms with Crippen molar-refractivity contribution in [3.05, 3.63) is 51.9 Å². The molecule has 1 aliphatic carbocycles. The Hall–Kier alpha value is -2.25. The standard InChI is InChI=1S/C23H28BrN7O.ClH/c1-29-10-12-30(13-11-29)16-17-6-8-18(9-7-17)23(32)28-31(19-4-2-3-5-19)22-20(24)15-26-21(14-25)27-22;/h6-9,15,19H,2-5,10-13,16H2,1H3,(H,28,32);1H. The number of nitriles is 1. The Morgan fingerprint density at radius 2 is 1.88 bits per heavy atom. The molecule has 0 atom stereocenters. The molecule has 2 fully saturated rings. The van der Waals surface area contributed by atoms with Crippen LogP contribution in [0, 0.1) is 11.3 Å². The molecule has 10 heteroatoms. The zero-order chi connectivity index (χ0) is 22.5. The summed E-state index contributed by atoms with van der Waals surface area (Å²) in [5, 5.41) is 11.0. The lowest BCUT2D eigenvalue weighted by atomic mass is 10.1. The van der Waals surface area contributed by atoms with Crippen molar-refractivity contribution in [1.29, 1.82) is 5.26 Å². The van der Waals surface area contributed by atoms with Crippen LogP contribution in [0.25, 0.3) is 0 Å². The zero-order valence-corrected chi connectivity index (χ0v) is 21.1. The van der Waals surface area contributed by atoms with Gasteiger partial charge in [0.2, 0.25) is 5.82 Å². The maximum absolute atomic E-state index is 13.1. The second-order valence-corrected chi connectivity index (χ2v) is 9.36. The quantitative estimate of drug-likeness (QED) is 0.569. The van der Waals surface area contributed by atoms with Gasteiger partial charge in [-0.1, -0.05) is 25.0 Å². The number of carbonyl (C=O) groups excluding carboxylic acids is 1. The third-order valence-corrected chi connectivity index (χ3v) is 6.74. The maximum atomic E-state index is 13.1. The van der Waals surface area contributed by atoms with E-state index in [0.717, 1.165) is 58.4 Å². The molecular weight excluding hydrogens is 506 g/mol. The average Bonchev–Trinajstić information content (AvgIpc) is 3.35. The average molecular weight is 535 g/mol. The first kappa shape index (κ1) is 25.4. The number of nitrogens with one attached hydrogen (secondary N) is 1. The van der Waals surface area contributed by atoms with Crippen molar-refractivity contribution in [3.63, 3.8) is 0 Å². The monoisotopic (exact) mass is 533 g/mol. The number of halogens is 2. The Morgan fingerprint density at radius 3 is 2.52 bits per heavy atom. The topological polar surface area (TPSA) is 88.4 Å². The molecule has 8 nitrogen and oxygen atoms in total. The van der Waals surface area contributed by atoms with Crippen molar-refractivity contribution >= 4 is 40.1 Å². The van der Waals surface area contributed by atoms with Gasteiger partial charge in [-0.25, -0.2) is 4.98 Å². The predicted octanol–water partition coefficient (Wildman–Crippen LogP) is 3.37. The van der Waals surface area contributed by atoms with Gasteiger partial charge < -0.3 is 4.90 Å². The number of carbonyl (C=O) groups is 1. The Kier molecular flexibility index (Phi) is 9.03. The second-order valence-electron chi connectivity index (χ2n) is 8.50. The van der Waals surface area contributed by atoms with Crippen molar-refractivity contribution < 1.29 is 4.79 Å². The van der Waals surface area contributed by atoms with Crippen molar-refractivity contribution in [2.75, 3.05) is 38.2 Å². The van der Waals surface area contributed by atoms with Crippen molar-refractivity contribution in [3.8, 4) is 6.07 Å². The molecule has 0 unspecified atom stereocenters. The lowest BCUT2D eigenvalue weighted by molar-refractivity contribution is 0.0943. The normalized spacial score (nSPS) is 17.2. The summed E-state index contributed by atoms with van der Waals surface area (Å²) in [5.41, 5.74) is 4.84. The Bertz CT molecular complexity index is 983. The number of benzene rings is 1. The van der Waals surface area contributed by atoms with Gasteiger partial charge >= 0.3 is 0 Å². The lowest BCUT2D eigenvalue weighted by Gasteiger charge is -2.32. The van der Waals surface area contributed by atoms with Crippen LogP contribution in [0.3, 0.4) is 0 Å². The van der Waals surface area contributed by atoms with E-state index in [9.17, 15) is 10.1 Å². The smallest absolute Gasteiger partial charge is 0.269 e. The van der Waals surface area contributed by atoms with Gasteiger partial charge in [0.05, 0.1) is 10.5 Å². The van der Waals surface area contributed by atoms with E-state index in [4.69, 9.17) is 0 Å². The van der Waals surface area contributed by atoms with Crippen LogP contribution in [0.5, 0.6) is 0 Å². The molecule has 1 saturated heterocycles. The summed E-state index contributed by atoms with van der Waals surface area (Å²) >= 11 is 3.48. The molecule has 1 amide bonds. The highest BCUT2D eigenvalue weighted by atomic mass is 79.9. The molecule has 1 saturated carbocycles. The number of nitrogens with zero attached hydrogens (tertiary/aromatic N) is 6. The first-order valence-electron chi connectivity index (χ1n) is 11.1. The summed E-state index contributed by atoms with van der Waals surface area (Å²) < 4.78 is 0.645. The number of hydrogen-bond acceptors (Lipinski definition) is 7. The molecule has 2 aromatic rings. The first-order chi connectivity index (χ1) is 15.5. The van der Waals surface area contributed by atoms with E-state index in [1.807, 2.05) is 30.3 Å². The first-order valence-corrected chi connectivity index (χ1v) is 11.9. The minimum atomic E-state index is -0.188. The molecule has 1 aliphatic heterocycles. The summed E-state index contributed by atoms with van der Waals surface area (Å²) in [5.74, 6) is 0.407. The third kappa shape index (κ3) is 6.42. The SMILES string of the molecule is CN1CCN(Cc2ccc(C(=O)NN(c3nc(C#N)ncc3Br)C3CCCC3)cc2)CC1.Cl. The lowest BCUT2D eigenvalue weighted by Crippen LogP contribution is -2.48. The summed E-state index contributed by atoms with van der Waals surface area (Å²) in [6, 6.07) is 9.93. The number of amides is 1. The van der Waals surface area contributed by atoms with Gasteiger partial charge in [0.15, 0.2) is 5.82 Å². The fraction of sp³-hybridized carbons (Fsp3) is 0.478. The van der Waals surface area contributed by atoms with Gasteiger partial charge in [0.25, 0.3) is 5.91 Å². The molecule has 4 rings (SSSR count). The summed E-state index contributed by atoms with van der Waals surface area (Å²) in [7, 11) is 2.15. The van der Waals surface area contributed by atoms with Crippen LogP contribution >= 0.6 is 28.3 Å². The van der Waals surface area contributed by atoms with E-state index in [1.54, 1.807) is 11.2 Å². The fourth-order valence-corrected chi connectivity index (χ4v) is 4.64. The molecule has 1 N–H and O–H groups in total. The minimum Gasteiger partial charge on any atom is -0.304 e. The number of hydrogen-bond donors (Lipinski definition) is 1. The molecule has 176 valence electrons. The highest BCUT2D eigenvalue weighted by Crippen LogP contribution is 2.30. The van der Waals surface area contributed by atoms with Crippen LogP contribution in [0.15, 0.2) is 34.9 Å². The third-order valence-electron chi connectivity index (χ3n) is 6.18. The van der Waals surface area contributed by atoms with Crippen LogP contribution in [0.2, 0.25) is 0 Å². The number of anilines is 1. The Labute approximate surface area is 209 Å². The van der Waals surface area contributed by atoms with E-state index in [2.05, 4.69) is 48.2 Å². The fourth-order valence-electron chi connectivity index (χ4n) is 4.26. The molecule has 2 heterocycles. The van der Waals surface area contributed by atoms with Crippen LogP contribution in [0.1, 0.15) is 47.4 Å². The zero-order valence-electron chi connectivity index (χ0n) is 18.7. The van der Waals surface area contributed by atoms with E-state index >= 15 is 0 Å². The highest BCUT2D eigenvalue weighted by molar-refractivity contribution is 9.10. The molecule has 0 bridgehead atoms. The summed E-state index contributed by atoms with van der Waals surface area (Å²) in [4.78, 5) is 26.2. The van der Waals surface area contributed by atoms with Crippen LogP contribution < -0.4 is 10.4 Å². The predicted molar refractivity (Wildman–Crippen MR) is 133 cm³/mol. The number of hydrazine groups is 1. The highest BCUT2D eigenvalue weighted by Gasteiger charge is 2.28. The Balaban J connectivity index is 0.00000306. The number of likely N-dealkylation sites (N-methyl/N-ethyl adjacent to an activating group) is 1. The van der Waals surface area contributed by atoms with Gasteiger partial charge in [-0.05, 0) is 53.5 Å². The largest absolute Gasteiger partial charge is 0.304 e. The van der Waals surface area contributed by atoms with Crippen LogP contribution in [-0.4, -0.2) is 64.9 Å². The van der Waals surface area contributed by atoms with Gasteiger partial charge in [-0.15, -0.1) is 12.4 Å². The minimum absolute atomic E-state index is 0. The molecule has 1 aromatic carbocycles. The van der Waals surface area contributed by atoms with Gasteiger partial charge in [0.1, 0.15) is 6.07 Å². The molecule has 2 aliphatic rings. The Morgan fingerprint density at radius 1 is 1.21 bits per heavy atom. The summed E-state index contributed by atoms with van der Waals surface area (Å²) in [6.45, 7) is 5.20. The number of rotatable bonds is 6. The van der Waals surface area contributed by atoms with Crippen LogP contribution in [0.4, 0.5) is 5.82 Å². The van der Waals surface area contributed by atoms with E-state index in [-0.39, 0.29) is 30.2 Å². The van der Waals surface area contributed by atoms with Gasteiger partial charge in [0, 0.05) is 44.5 Å². The maximum Gasteiger partial charge on any atom is 0.269 e. The van der Waals surface area contributed by atoms with Crippen LogP contribution in [-0.2, 0) is 6.54 Å². The van der Waals surface area contributed by atoms with Crippen molar-refractivity contribution in [1.82, 2.24) is 25.2 Å². The molecule has 33 heavy (non-hydrogen) atoms. The molecular formula is C23H29BrClN7O. The second kappa shape index (κ2) is 11.7. The van der Waals surface area contributed by atoms with Gasteiger partial charge in [-0.2, -0.15) is 10.2 Å². The molecule has 1 aromatic heterocycles. The number of piperazine rings is 1.